The molecule has 0 spiro atoms. The van der Waals surface area contributed by atoms with Crippen molar-refractivity contribution < 1.29 is 9.53 Å². The summed E-state index contributed by atoms with van der Waals surface area (Å²) in [6.45, 7) is 6.48. The lowest BCUT2D eigenvalue weighted by molar-refractivity contribution is -0.122. The molecule has 0 atom stereocenters. The number of hydrogen-bond donors (Lipinski definition) is 1. The molecule has 0 aliphatic rings. The van der Waals surface area contributed by atoms with Gasteiger partial charge in [0.25, 0.3) is 0 Å². The monoisotopic (exact) mass is 354 g/mol. The van der Waals surface area contributed by atoms with E-state index in [2.05, 4.69) is 35.6 Å². The predicted octanol–water partition coefficient (Wildman–Crippen LogP) is 3.72. The molecule has 0 aromatic heterocycles. The molecule has 1 amide bonds. The van der Waals surface area contributed by atoms with Gasteiger partial charge in [-0.05, 0) is 44.0 Å². The molecule has 0 unspecified atom stereocenters. The maximum Gasteiger partial charge on any atom is 0.234 e. The van der Waals surface area contributed by atoms with Gasteiger partial charge in [0, 0.05) is 19.7 Å². The molecule has 26 heavy (non-hydrogen) atoms. The van der Waals surface area contributed by atoms with Crippen molar-refractivity contribution in [3.05, 3.63) is 60.2 Å². The fraction of sp³-hybridized carbons (Fsp3) is 0.409. The normalized spacial score (nSPS) is 11.1. The van der Waals surface area contributed by atoms with Gasteiger partial charge in [0.15, 0.2) is 0 Å². The minimum absolute atomic E-state index is 0.0502. The Morgan fingerprint density at radius 1 is 1.08 bits per heavy atom. The molecule has 2 rings (SSSR count). The number of ether oxygens (including phenoxy) is 1. The molecule has 0 aliphatic heterocycles. The number of rotatable bonds is 10. The highest BCUT2D eigenvalue weighted by Gasteiger charge is 2.10. The predicted molar refractivity (Wildman–Crippen MR) is 107 cm³/mol. The van der Waals surface area contributed by atoms with Gasteiger partial charge >= 0.3 is 0 Å². The average Bonchev–Trinajstić information content (AvgIpc) is 2.62. The Labute approximate surface area is 157 Å². The number of carbonyl (C=O) groups excluding carboxylic acids is 1. The average molecular weight is 354 g/mol. The highest BCUT2D eigenvalue weighted by molar-refractivity contribution is 5.78. The van der Waals surface area contributed by atoms with Crippen LogP contribution in [0.5, 0.6) is 0 Å². The van der Waals surface area contributed by atoms with Crippen molar-refractivity contribution in [2.45, 2.75) is 32.9 Å². The molecule has 0 heterocycles. The van der Waals surface area contributed by atoms with Gasteiger partial charge in [0.05, 0.1) is 12.6 Å². The SMILES string of the molecule is CC(C)OCCCNC(=O)CN(C)Cc1ccccc1-c1ccccc1. The summed E-state index contributed by atoms with van der Waals surface area (Å²) in [4.78, 5) is 14.1. The first-order valence-electron chi connectivity index (χ1n) is 9.26. The van der Waals surface area contributed by atoms with E-state index in [4.69, 9.17) is 4.74 Å². The molecular formula is C22H30N2O2. The highest BCUT2D eigenvalue weighted by atomic mass is 16.5. The minimum Gasteiger partial charge on any atom is -0.379 e. The third-order valence-electron chi connectivity index (χ3n) is 4.05. The van der Waals surface area contributed by atoms with Crippen molar-refractivity contribution in [1.82, 2.24) is 10.2 Å². The topological polar surface area (TPSA) is 41.6 Å². The zero-order valence-corrected chi connectivity index (χ0v) is 16.1. The van der Waals surface area contributed by atoms with Crippen LogP contribution < -0.4 is 5.32 Å². The van der Waals surface area contributed by atoms with Gasteiger partial charge in [-0.1, -0.05) is 54.6 Å². The molecule has 4 nitrogen and oxygen atoms in total. The highest BCUT2D eigenvalue weighted by Crippen LogP contribution is 2.24. The summed E-state index contributed by atoms with van der Waals surface area (Å²) in [5, 5.41) is 2.96. The Bertz CT molecular complexity index is 671. The van der Waals surface area contributed by atoms with Gasteiger partial charge in [0.2, 0.25) is 5.91 Å². The van der Waals surface area contributed by atoms with Crippen molar-refractivity contribution in [2.75, 3.05) is 26.7 Å². The van der Waals surface area contributed by atoms with E-state index >= 15 is 0 Å². The van der Waals surface area contributed by atoms with Crippen molar-refractivity contribution in [1.29, 1.82) is 0 Å². The second kappa shape index (κ2) is 10.7. The quantitative estimate of drug-likeness (QED) is 0.661. The number of likely N-dealkylation sites (N-methyl/N-ethyl adjacent to an activating group) is 1. The smallest absolute Gasteiger partial charge is 0.234 e. The van der Waals surface area contributed by atoms with Crippen LogP contribution in [0.4, 0.5) is 0 Å². The largest absolute Gasteiger partial charge is 0.379 e. The van der Waals surface area contributed by atoms with Crippen LogP contribution in [0.2, 0.25) is 0 Å². The van der Waals surface area contributed by atoms with Gasteiger partial charge in [-0.15, -0.1) is 0 Å². The summed E-state index contributed by atoms with van der Waals surface area (Å²) in [5.74, 6) is 0.0502. The van der Waals surface area contributed by atoms with Crippen molar-refractivity contribution >= 4 is 5.91 Å². The van der Waals surface area contributed by atoms with Crippen LogP contribution in [0, 0.1) is 0 Å². The summed E-state index contributed by atoms with van der Waals surface area (Å²) in [7, 11) is 1.98. The maximum absolute atomic E-state index is 12.1. The standard InChI is InChI=1S/C22H30N2O2/c1-18(2)26-15-9-14-23-22(25)17-24(3)16-20-12-7-8-13-21(20)19-10-5-4-6-11-19/h4-8,10-13,18H,9,14-17H2,1-3H3,(H,23,25). The van der Waals surface area contributed by atoms with Crippen molar-refractivity contribution in [2.24, 2.45) is 0 Å². The third kappa shape index (κ3) is 6.98. The van der Waals surface area contributed by atoms with Gasteiger partial charge in [-0.2, -0.15) is 0 Å². The van der Waals surface area contributed by atoms with E-state index in [0.717, 1.165) is 13.0 Å². The zero-order chi connectivity index (χ0) is 18.8. The van der Waals surface area contributed by atoms with Gasteiger partial charge < -0.3 is 10.1 Å². The molecule has 0 saturated heterocycles. The summed E-state index contributed by atoms with van der Waals surface area (Å²) >= 11 is 0. The van der Waals surface area contributed by atoms with E-state index in [9.17, 15) is 4.79 Å². The maximum atomic E-state index is 12.1. The van der Waals surface area contributed by atoms with Crippen LogP contribution in [0.25, 0.3) is 11.1 Å². The molecule has 0 saturated carbocycles. The summed E-state index contributed by atoms with van der Waals surface area (Å²) in [5.41, 5.74) is 3.64. The second-order valence-electron chi connectivity index (χ2n) is 6.82. The van der Waals surface area contributed by atoms with Crippen LogP contribution in [-0.4, -0.2) is 43.7 Å². The van der Waals surface area contributed by atoms with E-state index < -0.39 is 0 Å². The minimum atomic E-state index is 0.0502. The molecule has 1 N–H and O–H groups in total. The number of carbonyl (C=O) groups is 1. The Kier molecular flexibility index (Phi) is 8.32. The van der Waals surface area contributed by atoms with Crippen molar-refractivity contribution in [3.63, 3.8) is 0 Å². The number of nitrogens with one attached hydrogen (secondary N) is 1. The molecule has 0 aliphatic carbocycles. The lowest BCUT2D eigenvalue weighted by Gasteiger charge is -2.19. The van der Waals surface area contributed by atoms with E-state index in [-0.39, 0.29) is 12.0 Å². The third-order valence-corrected chi connectivity index (χ3v) is 4.05. The molecule has 2 aromatic carbocycles. The van der Waals surface area contributed by atoms with Crippen LogP contribution in [0.15, 0.2) is 54.6 Å². The van der Waals surface area contributed by atoms with Crippen LogP contribution >= 0.6 is 0 Å². The Hall–Kier alpha value is -2.17. The number of benzene rings is 2. The second-order valence-corrected chi connectivity index (χ2v) is 6.82. The number of hydrogen-bond acceptors (Lipinski definition) is 3. The van der Waals surface area contributed by atoms with E-state index in [1.807, 2.05) is 50.1 Å². The summed E-state index contributed by atoms with van der Waals surface area (Å²) < 4.78 is 5.48. The number of amides is 1. The van der Waals surface area contributed by atoms with Gasteiger partial charge in [-0.25, -0.2) is 0 Å². The molecule has 4 heteroatoms. The fourth-order valence-corrected chi connectivity index (χ4v) is 2.82. The van der Waals surface area contributed by atoms with Gasteiger partial charge in [-0.3, -0.25) is 9.69 Å². The first-order valence-corrected chi connectivity index (χ1v) is 9.26. The molecule has 0 bridgehead atoms. The summed E-state index contributed by atoms with van der Waals surface area (Å²) in [6.07, 6.45) is 1.08. The molecule has 0 fully saturated rings. The number of nitrogens with zero attached hydrogens (tertiary/aromatic N) is 1. The molecule has 2 aromatic rings. The van der Waals surface area contributed by atoms with E-state index in [0.29, 0.717) is 19.7 Å². The molecule has 140 valence electrons. The molecule has 0 radical (unpaired) electrons. The van der Waals surface area contributed by atoms with Crippen LogP contribution in [0.3, 0.4) is 0 Å². The van der Waals surface area contributed by atoms with Gasteiger partial charge in [0.1, 0.15) is 0 Å². The lowest BCUT2D eigenvalue weighted by Crippen LogP contribution is -2.35. The molecular weight excluding hydrogens is 324 g/mol. The lowest BCUT2D eigenvalue weighted by atomic mass is 9.99. The first-order chi connectivity index (χ1) is 12.6. The first kappa shape index (κ1) is 20.1. The van der Waals surface area contributed by atoms with Crippen molar-refractivity contribution in [3.8, 4) is 11.1 Å². The van der Waals surface area contributed by atoms with E-state index in [1.54, 1.807) is 0 Å². The van der Waals surface area contributed by atoms with Crippen LogP contribution in [-0.2, 0) is 16.1 Å². The van der Waals surface area contributed by atoms with E-state index in [1.165, 1.54) is 16.7 Å². The zero-order valence-electron chi connectivity index (χ0n) is 16.1. The fourth-order valence-electron chi connectivity index (χ4n) is 2.82. The Balaban J connectivity index is 1.83. The summed E-state index contributed by atoms with van der Waals surface area (Å²) in [6, 6.07) is 18.7. The Morgan fingerprint density at radius 3 is 2.50 bits per heavy atom. The van der Waals surface area contributed by atoms with Crippen LogP contribution in [0.1, 0.15) is 25.8 Å². The Morgan fingerprint density at radius 2 is 1.77 bits per heavy atom.